The molecule has 2 bridgehead atoms. The monoisotopic (exact) mass is 366 g/mol. The lowest BCUT2D eigenvalue weighted by atomic mass is 9.89. The number of esters is 1. The molecule has 4 atom stereocenters. The first kappa shape index (κ1) is 18.4. The van der Waals surface area contributed by atoms with Crippen molar-refractivity contribution < 1.29 is 44.1 Å². The van der Waals surface area contributed by atoms with Gasteiger partial charge in [-0.05, 0) is 31.1 Å². The van der Waals surface area contributed by atoms with E-state index in [1.807, 2.05) is 0 Å². The average molecular weight is 366 g/mol. The lowest BCUT2D eigenvalue weighted by Gasteiger charge is -2.29. The quantitative estimate of drug-likeness (QED) is 0.425. The van der Waals surface area contributed by atoms with Crippen LogP contribution in [0, 0.1) is 17.8 Å². The van der Waals surface area contributed by atoms with Crippen LogP contribution in [0.1, 0.15) is 25.7 Å². The molecule has 2 aliphatic rings. The Morgan fingerprint density at radius 2 is 1.74 bits per heavy atom. The van der Waals surface area contributed by atoms with Crippen molar-refractivity contribution in [1.29, 1.82) is 0 Å². The number of fused-ring (bicyclic) bond motifs is 2. The van der Waals surface area contributed by atoms with E-state index >= 15 is 0 Å². The topological polar surface area (TPSA) is 69.7 Å². The van der Waals surface area contributed by atoms with Gasteiger partial charge in [0.05, 0.1) is 13.0 Å². The Bertz CT molecular complexity index is 573. The number of hydrogen-bond donors (Lipinski definition) is 0. The van der Waals surface area contributed by atoms with Crippen LogP contribution in [-0.2, 0) is 23.8 Å². The number of hydrogen-bond acceptors (Lipinski definition) is 5. The fraction of sp³-hybridized carbons (Fsp3) is 0.917. The lowest BCUT2D eigenvalue weighted by Crippen LogP contribution is -2.53. The lowest BCUT2D eigenvalue weighted by molar-refractivity contribution is -0.261. The standard InChI is InChI=1S/C12H15F5O5S/c1-21-23(19,20)12(16,17)10(11(13,14)15)22-9(18)8-5-6-2-3-7(8)4-6/h6-8,10H,2-5H2,1H3. The first-order valence-electron chi connectivity index (χ1n) is 6.85. The third-order valence-corrected chi connectivity index (χ3v) is 5.75. The molecule has 0 aromatic carbocycles. The Morgan fingerprint density at radius 3 is 2.13 bits per heavy atom. The molecule has 134 valence electrons. The van der Waals surface area contributed by atoms with Crippen LogP contribution in [0.5, 0.6) is 0 Å². The predicted octanol–water partition coefficient (Wildman–Crippen LogP) is 2.47. The van der Waals surface area contributed by atoms with Crippen LogP contribution in [0.15, 0.2) is 0 Å². The van der Waals surface area contributed by atoms with Crippen LogP contribution in [0.2, 0.25) is 0 Å². The fourth-order valence-corrected chi connectivity index (χ4v) is 3.97. The molecule has 2 fully saturated rings. The zero-order valence-corrected chi connectivity index (χ0v) is 12.8. The second-order valence-electron chi connectivity index (χ2n) is 5.82. The summed E-state index contributed by atoms with van der Waals surface area (Å²) in [4.78, 5) is 11.9. The van der Waals surface area contributed by atoms with Crippen molar-refractivity contribution in [3.8, 4) is 0 Å². The third-order valence-electron chi connectivity index (χ3n) is 4.43. The van der Waals surface area contributed by atoms with E-state index in [2.05, 4.69) is 8.92 Å². The number of carbonyl (C=O) groups is 1. The number of ether oxygens (including phenoxy) is 1. The number of rotatable bonds is 5. The van der Waals surface area contributed by atoms with Crippen LogP contribution in [0.4, 0.5) is 22.0 Å². The van der Waals surface area contributed by atoms with Gasteiger partial charge in [0.15, 0.2) is 0 Å². The van der Waals surface area contributed by atoms with Gasteiger partial charge in [-0.2, -0.15) is 30.4 Å². The normalized spacial score (nSPS) is 29.6. The summed E-state index contributed by atoms with van der Waals surface area (Å²) < 4.78 is 95.4. The average Bonchev–Trinajstić information content (AvgIpc) is 3.05. The second kappa shape index (κ2) is 5.83. The molecule has 0 spiro atoms. The zero-order chi connectivity index (χ0) is 17.6. The molecule has 5 nitrogen and oxygen atoms in total. The van der Waals surface area contributed by atoms with E-state index in [0.717, 1.165) is 6.42 Å². The zero-order valence-electron chi connectivity index (χ0n) is 12.0. The van der Waals surface area contributed by atoms with Crippen molar-refractivity contribution in [2.75, 3.05) is 7.11 Å². The van der Waals surface area contributed by atoms with Gasteiger partial charge in [-0.25, -0.2) is 0 Å². The van der Waals surface area contributed by atoms with E-state index < -0.39 is 39.5 Å². The van der Waals surface area contributed by atoms with Crippen LogP contribution in [0.3, 0.4) is 0 Å². The Balaban J connectivity index is 2.22. The summed E-state index contributed by atoms with van der Waals surface area (Å²) in [6.45, 7) is 0. The van der Waals surface area contributed by atoms with Crippen molar-refractivity contribution in [3.05, 3.63) is 0 Å². The third kappa shape index (κ3) is 3.30. The highest BCUT2D eigenvalue weighted by Crippen LogP contribution is 2.49. The molecule has 0 aromatic rings. The van der Waals surface area contributed by atoms with Crippen molar-refractivity contribution >= 4 is 16.1 Å². The predicted molar refractivity (Wildman–Crippen MR) is 65.7 cm³/mol. The van der Waals surface area contributed by atoms with Crippen molar-refractivity contribution in [1.82, 2.24) is 0 Å². The van der Waals surface area contributed by atoms with E-state index in [1.54, 1.807) is 0 Å². The van der Waals surface area contributed by atoms with Gasteiger partial charge in [0.25, 0.3) is 6.10 Å². The van der Waals surface area contributed by atoms with Crippen molar-refractivity contribution in [3.63, 3.8) is 0 Å². The van der Waals surface area contributed by atoms with Gasteiger partial charge < -0.3 is 4.74 Å². The van der Waals surface area contributed by atoms with Crippen molar-refractivity contribution in [2.45, 2.75) is 43.2 Å². The Hall–Kier alpha value is -0.970. The number of carbonyl (C=O) groups excluding carboxylic acids is 1. The fourth-order valence-electron chi connectivity index (χ4n) is 3.31. The summed E-state index contributed by atoms with van der Waals surface area (Å²) in [7, 11) is -5.59. The molecule has 2 aliphatic carbocycles. The molecule has 0 heterocycles. The Morgan fingerprint density at radius 1 is 1.13 bits per heavy atom. The number of halogens is 5. The molecular weight excluding hydrogens is 351 g/mol. The van der Waals surface area contributed by atoms with E-state index in [9.17, 15) is 35.2 Å². The highest BCUT2D eigenvalue weighted by atomic mass is 32.2. The summed E-state index contributed by atoms with van der Waals surface area (Å²) >= 11 is 0. The van der Waals surface area contributed by atoms with E-state index in [1.165, 1.54) is 0 Å². The van der Waals surface area contributed by atoms with Gasteiger partial charge in [-0.3, -0.25) is 8.98 Å². The Kier molecular flexibility index (Phi) is 4.66. The van der Waals surface area contributed by atoms with Crippen LogP contribution in [0.25, 0.3) is 0 Å². The molecule has 0 radical (unpaired) electrons. The highest BCUT2D eigenvalue weighted by Gasteiger charge is 2.67. The molecule has 2 saturated carbocycles. The van der Waals surface area contributed by atoms with E-state index in [-0.39, 0.29) is 18.3 Å². The largest absolute Gasteiger partial charge is 0.444 e. The van der Waals surface area contributed by atoms with Gasteiger partial charge in [0.2, 0.25) is 0 Å². The summed E-state index contributed by atoms with van der Waals surface area (Å²) in [6.07, 6.45) is -7.49. The maximum Gasteiger partial charge on any atom is 0.432 e. The minimum Gasteiger partial charge on any atom is -0.444 e. The molecule has 0 amide bonds. The van der Waals surface area contributed by atoms with Gasteiger partial charge in [0.1, 0.15) is 0 Å². The molecule has 0 N–H and O–H groups in total. The Labute approximate surface area is 129 Å². The van der Waals surface area contributed by atoms with Crippen molar-refractivity contribution in [2.24, 2.45) is 17.8 Å². The van der Waals surface area contributed by atoms with E-state index in [0.29, 0.717) is 20.0 Å². The number of alkyl halides is 5. The van der Waals surface area contributed by atoms with E-state index in [4.69, 9.17) is 0 Å². The minimum absolute atomic E-state index is 0.171. The second-order valence-corrected chi connectivity index (χ2v) is 7.61. The van der Waals surface area contributed by atoms with Crippen LogP contribution >= 0.6 is 0 Å². The molecule has 23 heavy (non-hydrogen) atoms. The van der Waals surface area contributed by atoms with Gasteiger partial charge in [0, 0.05) is 0 Å². The van der Waals surface area contributed by atoms with Crippen LogP contribution in [-0.4, -0.2) is 39.0 Å². The summed E-state index contributed by atoms with van der Waals surface area (Å²) in [5.74, 6) is -2.37. The summed E-state index contributed by atoms with van der Waals surface area (Å²) in [6, 6.07) is 0. The van der Waals surface area contributed by atoms with Crippen LogP contribution < -0.4 is 0 Å². The minimum atomic E-state index is -5.89. The smallest absolute Gasteiger partial charge is 0.432 e. The molecule has 4 unspecified atom stereocenters. The molecule has 2 rings (SSSR count). The molecule has 11 heteroatoms. The maximum absolute atomic E-state index is 13.7. The summed E-state index contributed by atoms with van der Waals surface area (Å²) in [5, 5.41) is -5.44. The first-order valence-corrected chi connectivity index (χ1v) is 8.26. The molecule has 0 aliphatic heterocycles. The molecule has 0 saturated heterocycles. The maximum atomic E-state index is 13.7. The SMILES string of the molecule is COS(=O)(=O)C(F)(F)C(OC(=O)C1CC2CCC1C2)C(F)(F)F. The van der Waals surface area contributed by atoms with Gasteiger partial charge in [-0.15, -0.1) is 0 Å². The van der Waals surface area contributed by atoms with Gasteiger partial charge in [-0.1, -0.05) is 6.42 Å². The highest BCUT2D eigenvalue weighted by molar-refractivity contribution is 7.87. The summed E-state index contributed by atoms with van der Waals surface area (Å²) in [5.41, 5.74) is 0. The first-order chi connectivity index (χ1) is 10.4. The van der Waals surface area contributed by atoms with Gasteiger partial charge >= 0.3 is 27.5 Å². The molecular formula is C12H15F5O5S. The molecule has 0 aromatic heterocycles.